The normalized spacial score (nSPS) is 10.0. The summed E-state index contributed by atoms with van der Waals surface area (Å²) in [7, 11) is 1.84. The van der Waals surface area contributed by atoms with Gasteiger partial charge in [-0.2, -0.15) is 10.2 Å². The molecule has 0 aliphatic heterocycles. The maximum absolute atomic E-state index is 11.3. The molecule has 0 unspecified atom stereocenters. The Balaban J connectivity index is 0.00000100. The first kappa shape index (κ1) is 17.3. The van der Waals surface area contributed by atoms with Gasteiger partial charge in [-0.05, 0) is 19.1 Å². The number of nitrogens with zero attached hydrogens (tertiary/aromatic N) is 4. The molecule has 0 bridgehead atoms. The summed E-state index contributed by atoms with van der Waals surface area (Å²) in [5.41, 5.74) is 8.58. The zero-order valence-electron chi connectivity index (χ0n) is 14.3. The van der Waals surface area contributed by atoms with Gasteiger partial charge in [-0.3, -0.25) is 10.00 Å². The summed E-state index contributed by atoms with van der Waals surface area (Å²) in [4.78, 5) is 11.3. The van der Waals surface area contributed by atoms with E-state index in [-0.39, 0.29) is 0 Å². The van der Waals surface area contributed by atoms with Crippen molar-refractivity contribution in [3.8, 4) is 16.9 Å². The summed E-state index contributed by atoms with van der Waals surface area (Å²) in [5, 5.41) is 11.4. The highest BCUT2D eigenvalue weighted by Gasteiger charge is 2.18. The molecule has 2 heterocycles. The molecule has 0 aliphatic carbocycles. The van der Waals surface area contributed by atoms with Crippen molar-refractivity contribution >= 4 is 11.8 Å². The lowest BCUT2D eigenvalue weighted by Crippen LogP contribution is -2.21. The van der Waals surface area contributed by atoms with Crippen LogP contribution in [0.2, 0.25) is 0 Å². The molecule has 2 amide bonds. The van der Waals surface area contributed by atoms with E-state index in [1.54, 1.807) is 15.6 Å². The van der Waals surface area contributed by atoms with Gasteiger partial charge in [0.15, 0.2) is 0 Å². The Morgan fingerprint density at radius 2 is 1.88 bits per heavy atom. The van der Waals surface area contributed by atoms with Crippen molar-refractivity contribution < 1.29 is 4.79 Å². The van der Waals surface area contributed by atoms with Gasteiger partial charge >= 0.3 is 6.03 Å². The summed E-state index contributed by atoms with van der Waals surface area (Å²) in [6, 6.07) is 8.92. The molecule has 0 saturated carbocycles. The van der Waals surface area contributed by atoms with E-state index in [1.807, 2.05) is 64.3 Å². The molecule has 0 atom stereocenters. The summed E-state index contributed by atoms with van der Waals surface area (Å²) in [6.07, 6.45) is 3.61. The lowest BCUT2D eigenvalue weighted by atomic mass is 10.1. The van der Waals surface area contributed by atoms with Crippen LogP contribution < -0.4 is 11.1 Å². The van der Waals surface area contributed by atoms with Gasteiger partial charge in [0.25, 0.3) is 0 Å². The number of hydrogen-bond donors (Lipinski definition) is 2. The molecular formula is C17H22N6O. The van der Waals surface area contributed by atoms with E-state index in [0.717, 1.165) is 22.5 Å². The van der Waals surface area contributed by atoms with E-state index in [0.29, 0.717) is 5.82 Å². The van der Waals surface area contributed by atoms with Crippen molar-refractivity contribution in [2.75, 3.05) is 5.32 Å². The minimum Gasteiger partial charge on any atom is -0.351 e. The molecule has 0 aliphatic rings. The third-order valence-corrected chi connectivity index (χ3v) is 3.34. The first-order valence-corrected chi connectivity index (χ1v) is 7.77. The number of urea groups is 1. The van der Waals surface area contributed by atoms with E-state index >= 15 is 0 Å². The quantitative estimate of drug-likeness (QED) is 0.775. The second kappa shape index (κ2) is 7.45. The van der Waals surface area contributed by atoms with Crippen LogP contribution in [0.15, 0.2) is 42.7 Å². The molecule has 3 N–H and O–H groups in total. The predicted octanol–water partition coefficient (Wildman–Crippen LogP) is 3.10. The number of rotatable bonds is 3. The average molecular weight is 326 g/mol. The number of para-hydroxylation sites is 1. The van der Waals surface area contributed by atoms with Crippen molar-refractivity contribution in [3.05, 3.63) is 48.3 Å². The molecule has 0 saturated heterocycles. The number of benzene rings is 1. The van der Waals surface area contributed by atoms with Gasteiger partial charge in [0, 0.05) is 24.4 Å². The Morgan fingerprint density at radius 3 is 2.42 bits per heavy atom. The third-order valence-electron chi connectivity index (χ3n) is 3.34. The number of carbonyl (C=O) groups excluding carboxylic acids is 1. The number of carbonyl (C=O) groups is 1. The monoisotopic (exact) mass is 326 g/mol. The van der Waals surface area contributed by atoms with Crippen LogP contribution in [-0.2, 0) is 7.05 Å². The lowest BCUT2D eigenvalue weighted by Gasteiger charge is -2.07. The van der Waals surface area contributed by atoms with E-state index in [4.69, 9.17) is 5.73 Å². The van der Waals surface area contributed by atoms with E-state index in [1.165, 1.54) is 0 Å². The lowest BCUT2D eigenvalue weighted by molar-refractivity contribution is 0.259. The van der Waals surface area contributed by atoms with E-state index in [9.17, 15) is 4.79 Å². The highest BCUT2D eigenvalue weighted by atomic mass is 16.2. The first-order valence-electron chi connectivity index (χ1n) is 7.77. The van der Waals surface area contributed by atoms with Crippen LogP contribution in [0.5, 0.6) is 0 Å². The number of aryl methyl sites for hydroxylation is 1. The number of primary amides is 1. The molecule has 7 nitrogen and oxygen atoms in total. The van der Waals surface area contributed by atoms with Crippen LogP contribution in [0.1, 0.15) is 19.4 Å². The Labute approximate surface area is 141 Å². The SMILES string of the molecule is CC.Cc1c(-c2cnn(C)c2)nn(-c2ccccc2)c1NC(N)=O. The Bertz CT molecular complexity index is 819. The van der Waals surface area contributed by atoms with Crippen LogP contribution in [0, 0.1) is 6.92 Å². The Morgan fingerprint density at radius 1 is 1.21 bits per heavy atom. The van der Waals surface area contributed by atoms with Gasteiger partial charge in [-0.25, -0.2) is 9.48 Å². The van der Waals surface area contributed by atoms with Gasteiger partial charge in [0.2, 0.25) is 0 Å². The fourth-order valence-corrected chi connectivity index (χ4v) is 2.33. The van der Waals surface area contributed by atoms with Gasteiger partial charge in [0.05, 0.1) is 11.9 Å². The minimum absolute atomic E-state index is 0.553. The molecule has 1 aromatic carbocycles. The second-order valence-electron chi connectivity index (χ2n) is 4.96. The summed E-state index contributed by atoms with van der Waals surface area (Å²) in [5.74, 6) is 0.553. The molecular weight excluding hydrogens is 304 g/mol. The Kier molecular flexibility index (Phi) is 5.36. The van der Waals surface area contributed by atoms with E-state index < -0.39 is 6.03 Å². The average Bonchev–Trinajstić information content (AvgIpc) is 3.14. The highest BCUT2D eigenvalue weighted by molar-refractivity contribution is 5.89. The van der Waals surface area contributed by atoms with Gasteiger partial charge in [0.1, 0.15) is 11.5 Å². The number of nitrogens with two attached hydrogens (primary N) is 1. The van der Waals surface area contributed by atoms with Gasteiger partial charge < -0.3 is 5.73 Å². The van der Waals surface area contributed by atoms with Crippen molar-refractivity contribution in [1.82, 2.24) is 19.6 Å². The van der Waals surface area contributed by atoms with Gasteiger partial charge in [-0.1, -0.05) is 32.0 Å². The van der Waals surface area contributed by atoms with Crippen molar-refractivity contribution in [3.63, 3.8) is 0 Å². The van der Waals surface area contributed by atoms with Crippen LogP contribution in [0.25, 0.3) is 16.9 Å². The smallest absolute Gasteiger partial charge is 0.317 e. The van der Waals surface area contributed by atoms with E-state index in [2.05, 4.69) is 15.5 Å². The topological polar surface area (TPSA) is 90.8 Å². The molecule has 2 aromatic heterocycles. The van der Waals surface area contributed by atoms with Gasteiger partial charge in [-0.15, -0.1) is 0 Å². The molecule has 126 valence electrons. The maximum Gasteiger partial charge on any atom is 0.317 e. The zero-order valence-corrected chi connectivity index (χ0v) is 14.3. The molecule has 3 aromatic rings. The summed E-state index contributed by atoms with van der Waals surface area (Å²) >= 11 is 0. The fourth-order valence-electron chi connectivity index (χ4n) is 2.33. The second-order valence-corrected chi connectivity index (χ2v) is 4.96. The zero-order chi connectivity index (χ0) is 17.7. The van der Waals surface area contributed by atoms with Crippen molar-refractivity contribution in [2.24, 2.45) is 12.8 Å². The molecule has 24 heavy (non-hydrogen) atoms. The number of amides is 2. The van der Waals surface area contributed by atoms with Crippen LogP contribution >= 0.6 is 0 Å². The molecule has 3 rings (SSSR count). The van der Waals surface area contributed by atoms with Crippen molar-refractivity contribution in [2.45, 2.75) is 20.8 Å². The number of anilines is 1. The molecule has 0 spiro atoms. The molecule has 0 fully saturated rings. The first-order chi connectivity index (χ1) is 11.6. The van der Waals surface area contributed by atoms with Crippen LogP contribution in [0.3, 0.4) is 0 Å². The fraction of sp³-hybridized carbons (Fsp3) is 0.235. The standard InChI is InChI=1S/C15H16N6O.C2H6/c1-10-13(11-8-17-20(2)9-11)19-21(14(10)18-15(16)22)12-6-4-3-5-7-12;1-2/h3-9H,1-2H3,(H3,16,18,22);1-2H3. The van der Waals surface area contributed by atoms with Crippen LogP contribution in [0.4, 0.5) is 10.6 Å². The number of aromatic nitrogens is 4. The number of nitrogens with one attached hydrogen (secondary N) is 1. The third kappa shape index (κ3) is 3.45. The molecule has 0 radical (unpaired) electrons. The number of hydrogen-bond acceptors (Lipinski definition) is 3. The minimum atomic E-state index is -0.627. The maximum atomic E-state index is 11.3. The largest absolute Gasteiger partial charge is 0.351 e. The van der Waals surface area contributed by atoms with Crippen molar-refractivity contribution in [1.29, 1.82) is 0 Å². The summed E-state index contributed by atoms with van der Waals surface area (Å²) in [6.45, 7) is 5.89. The highest BCUT2D eigenvalue weighted by Crippen LogP contribution is 2.29. The van der Waals surface area contributed by atoms with Crippen LogP contribution in [-0.4, -0.2) is 25.6 Å². The Hall–Kier alpha value is -3.09. The summed E-state index contributed by atoms with van der Waals surface area (Å²) < 4.78 is 3.37. The predicted molar refractivity (Wildman–Crippen MR) is 95.1 cm³/mol. The molecule has 7 heteroatoms.